The number of likely N-dealkylation sites (N-methyl/N-ethyl adjacent to an activating group) is 1. The summed E-state index contributed by atoms with van der Waals surface area (Å²) in [5.41, 5.74) is -0.881. The van der Waals surface area contributed by atoms with Crippen LogP contribution in [-0.2, 0) is 10.3 Å². The Hall–Kier alpha value is -2.57. The Morgan fingerprint density at radius 1 is 1.39 bits per heavy atom. The third-order valence-electron chi connectivity index (χ3n) is 4.30. The number of nitrogens with zero attached hydrogens (tertiary/aromatic N) is 3. The SMILES string of the molecule is CNC(=O)C1(n2cccn2)CCCN(C(=O)c2ccc(C)o2)C1. The Balaban J connectivity index is 1.91. The predicted octanol–water partition coefficient (Wildman–Crippen LogP) is 1.16. The number of carbonyl (C=O) groups is 2. The Bertz CT molecular complexity index is 707. The number of hydrogen-bond donors (Lipinski definition) is 1. The first-order valence-electron chi connectivity index (χ1n) is 7.65. The number of carbonyl (C=O) groups excluding carboxylic acids is 2. The van der Waals surface area contributed by atoms with Crippen molar-refractivity contribution in [1.29, 1.82) is 0 Å². The lowest BCUT2D eigenvalue weighted by atomic mass is 9.87. The van der Waals surface area contributed by atoms with Crippen LogP contribution in [-0.4, -0.2) is 46.6 Å². The summed E-state index contributed by atoms with van der Waals surface area (Å²) >= 11 is 0. The van der Waals surface area contributed by atoms with E-state index in [9.17, 15) is 9.59 Å². The normalized spacial score (nSPS) is 21.2. The number of likely N-dealkylation sites (tertiary alicyclic amines) is 1. The van der Waals surface area contributed by atoms with Gasteiger partial charge in [-0.2, -0.15) is 5.10 Å². The molecule has 7 nitrogen and oxygen atoms in total. The van der Waals surface area contributed by atoms with Crippen molar-refractivity contribution < 1.29 is 14.0 Å². The van der Waals surface area contributed by atoms with Crippen LogP contribution in [0.5, 0.6) is 0 Å². The highest BCUT2D eigenvalue weighted by Gasteiger charge is 2.45. The third-order valence-corrected chi connectivity index (χ3v) is 4.30. The minimum absolute atomic E-state index is 0.144. The number of furan rings is 1. The van der Waals surface area contributed by atoms with Gasteiger partial charge in [0.05, 0.1) is 6.54 Å². The fourth-order valence-electron chi connectivity index (χ4n) is 3.15. The summed E-state index contributed by atoms with van der Waals surface area (Å²) in [6.45, 7) is 2.66. The molecule has 2 amide bonds. The second kappa shape index (κ2) is 5.91. The van der Waals surface area contributed by atoms with Crippen LogP contribution in [0.15, 0.2) is 35.0 Å². The fraction of sp³-hybridized carbons (Fsp3) is 0.438. The second-order valence-corrected chi connectivity index (χ2v) is 5.80. The van der Waals surface area contributed by atoms with Gasteiger partial charge in [-0.25, -0.2) is 0 Å². The number of aromatic nitrogens is 2. The zero-order chi connectivity index (χ0) is 16.4. The largest absolute Gasteiger partial charge is 0.456 e. The second-order valence-electron chi connectivity index (χ2n) is 5.80. The van der Waals surface area contributed by atoms with Crippen molar-refractivity contribution in [2.75, 3.05) is 20.1 Å². The molecule has 0 aliphatic carbocycles. The molecule has 1 atom stereocenters. The van der Waals surface area contributed by atoms with E-state index in [1.54, 1.807) is 54.1 Å². The molecule has 0 radical (unpaired) electrons. The summed E-state index contributed by atoms with van der Waals surface area (Å²) in [5.74, 6) is 0.651. The zero-order valence-electron chi connectivity index (χ0n) is 13.3. The van der Waals surface area contributed by atoms with Crippen molar-refractivity contribution in [2.24, 2.45) is 0 Å². The molecule has 2 aromatic rings. The molecule has 3 rings (SSSR count). The molecule has 1 unspecified atom stereocenters. The first kappa shape index (κ1) is 15.3. The van der Waals surface area contributed by atoms with Crippen LogP contribution in [0.1, 0.15) is 29.2 Å². The van der Waals surface area contributed by atoms with E-state index in [-0.39, 0.29) is 18.4 Å². The Labute approximate surface area is 134 Å². The van der Waals surface area contributed by atoms with Gasteiger partial charge in [0.1, 0.15) is 5.76 Å². The lowest BCUT2D eigenvalue weighted by molar-refractivity contribution is -0.132. The van der Waals surface area contributed by atoms with E-state index in [0.717, 1.165) is 6.42 Å². The molecule has 0 saturated carbocycles. The van der Waals surface area contributed by atoms with Crippen molar-refractivity contribution in [3.63, 3.8) is 0 Å². The monoisotopic (exact) mass is 316 g/mol. The molecule has 0 spiro atoms. The van der Waals surface area contributed by atoms with Gasteiger partial charge in [-0.1, -0.05) is 0 Å². The Morgan fingerprint density at radius 3 is 2.83 bits per heavy atom. The molecule has 23 heavy (non-hydrogen) atoms. The van der Waals surface area contributed by atoms with Crippen LogP contribution < -0.4 is 5.32 Å². The highest BCUT2D eigenvalue weighted by Crippen LogP contribution is 2.29. The van der Waals surface area contributed by atoms with E-state index < -0.39 is 5.54 Å². The quantitative estimate of drug-likeness (QED) is 0.921. The first-order chi connectivity index (χ1) is 11.1. The lowest BCUT2D eigenvalue weighted by Gasteiger charge is -2.41. The third kappa shape index (κ3) is 2.62. The molecule has 2 aromatic heterocycles. The van der Waals surface area contributed by atoms with Gasteiger partial charge in [0.2, 0.25) is 5.91 Å². The summed E-state index contributed by atoms with van der Waals surface area (Å²) < 4.78 is 7.08. The number of nitrogens with one attached hydrogen (secondary N) is 1. The van der Waals surface area contributed by atoms with E-state index in [1.165, 1.54) is 0 Å². The van der Waals surface area contributed by atoms with E-state index in [0.29, 0.717) is 24.5 Å². The number of hydrogen-bond acceptors (Lipinski definition) is 4. The van der Waals surface area contributed by atoms with Crippen LogP contribution >= 0.6 is 0 Å². The fourth-order valence-corrected chi connectivity index (χ4v) is 3.15. The summed E-state index contributed by atoms with van der Waals surface area (Å²) in [5, 5.41) is 6.95. The molecule has 1 fully saturated rings. The molecule has 0 bridgehead atoms. The van der Waals surface area contributed by atoms with Gasteiger partial charge in [-0.3, -0.25) is 14.3 Å². The molecule has 1 aliphatic rings. The average Bonchev–Trinajstić information content (AvgIpc) is 3.25. The van der Waals surface area contributed by atoms with E-state index in [2.05, 4.69) is 10.4 Å². The molecule has 1 N–H and O–H groups in total. The van der Waals surface area contributed by atoms with E-state index in [4.69, 9.17) is 4.42 Å². The molecule has 1 aliphatic heterocycles. The summed E-state index contributed by atoms with van der Waals surface area (Å²) in [6, 6.07) is 5.21. The van der Waals surface area contributed by atoms with Gasteiger partial charge in [0.25, 0.3) is 5.91 Å². The minimum atomic E-state index is -0.881. The molecule has 0 aromatic carbocycles. The average molecular weight is 316 g/mol. The van der Waals surface area contributed by atoms with Crippen molar-refractivity contribution in [3.8, 4) is 0 Å². The number of piperidine rings is 1. The Kier molecular flexibility index (Phi) is 3.94. The van der Waals surface area contributed by atoms with Crippen LogP contribution in [0.4, 0.5) is 0 Å². The van der Waals surface area contributed by atoms with Gasteiger partial charge in [-0.05, 0) is 38.0 Å². The van der Waals surface area contributed by atoms with Gasteiger partial charge in [0.15, 0.2) is 11.3 Å². The highest BCUT2D eigenvalue weighted by molar-refractivity contribution is 5.93. The number of amides is 2. The summed E-state index contributed by atoms with van der Waals surface area (Å²) in [6.07, 6.45) is 4.76. The van der Waals surface area contributed by atoms with Crippen molar-refractivity contribution in [2.45, 2.75) is 25.3 Å². The molecular weight excluding hydrogens is 296 g/mol. The first-order valence-corrected chi connectivity index (χ1v) is 7.65. The lowest BCUT2D eigenvalue weighted by Crippen LogP contribution is -2.59. The summed E-state index contributed by atoms with van der Waals surface area (Å²) in [7, 11) is 1.60. The molecule has 1 saturated heterocycles. The standard InChI is InChI=1S/C16H20N4O3/c1-12-5-6-13(23-12)14(21)19-9-3-7-16(11-19,15(22)17-2)20-10-4-8-18-20/h4-6,8,10H,3,7,9,11H2,1-2H3,(H,17,22). The summed E-state index contributed by atoms with van der Waals surface area (Å²) in [4.78, 5) is 26.9. The van der Waals surface area contributed by atoms with Crippen LogP contribution in [0, 0.1) is 6.92 Å². The molecule has 7 heteroatoms. The van der Waals surface area contributed by atoms with Gasteiger partial charge in [-0.15, -0.1) is 0 Å². The van der Waals surface area contributed by atoms with Gasteiger partial charge in [0, 0.05) is 26.0 Å². The van der Waals surface area contributed by atoms with Gasteiger partial charge < -0.3 is 14.6 Å². The maximum atomic E-state index is 12.7. The topological polar surface area (TPSA) is 80.4 Å². The van der Waals surface area contributed by atoms with Crippen LogP contribution in [0.25, 0.3) is 0 Å². The Morgan fingerprint density at radius 2 is 2.22 bits per heavy atom. The van der Waals surface area contributed by atoms with Crippen molar-refractivity contribution >= 4 is 11.8 Å². The smallest absolute Gasteiger partial charge is 0.289 e. The maximum absolute atomic E-state index is 12.7. The zero-order valence-corrected chi connectivity index (χ0v) is 13.3. The minimum Gasteiger partial charge on any atom is -0.456 e. The van der Waals surface area contributed by atoms with Crippen LogP contribution in [0.2, 0.25) is 0 Å². The predicted molar refractivity (Wildman–Crippen MR) is 82.9 cm³/mol. The van der Waals surface area contributed by atoms with Crippen LogP contribution in [0.3, 0.4) is 0 Å². The molecule has 3 heterocycles. The van der Waals surface area contributed by atoms with Gasteiger partial charge >= 0.3 is 0 Å². The van der Waals surface area contributed by atoms with Crippen molar-refractivity contribution in [3.05, 3.63) is 42.1 Å². The van der Waals surface area contributed by atoms with E-state index in [1.807, 2.05) is 0 Å². The highest BCUT2D eigenvalue weighted by atomic mass is 16.3. The number of aryl methyl sites for hydroxylation is 1. The maximum Gasteiger partial charge on any atom is 0.289 e. The van der Waals surface area contributed by atoms with E-state index >= 15 is 0 Å². The number of rotatable bonds is 3. The van der Waals surface area contributed by atoms with Crippen molar-refractivity contribution in [1.82, 2.24) is 20.0 Å². The molecule has 122 valence electrons. The molecular formula is C16H20N4O3.